The number of anilines is 1. The molecule has 0 amide bonds. The van der Waals surface area contributed by atoms with Gasteiger partial charge in [0.05, 0.1) is 19.5 Å². The van der Waals surface area contributed by atoms with Crippen LogP contribution in [0.25, 0.3) is 11.2 Å². The van der Waals surface area contributed by atoms with E-state index in [4.69, 9.17) is 29.4 Å². The summed E-state index contributed by atoms with van der Waals surface area (Å²) in [6, 6.07) is 0. The molecular weight excluding hydrogens is 525 g/mol. The number of hydrogen-bond donors (Lipinski definition) is 1. The van der Waals surface area contributed by atoms with E-state index in [1.807, 2.05) is 0 Å². The van der Waals surface area contributed by atoms with Gasteiger partial charge in [-0.3, -0.25) is 4.57 Å². The lowest BCUT2D eigenvalue weighted by molar-refractivity contribution is -0.128. The average molecular weight is 562 g/mol. The van der Waals surface area contributed by atoms with Gasteiger partial charge in [0.25, 0.3) is 0 Å². The summed E-state index contributed by atoms with van der Waals surface area (Å²) in [5.41, 5.74) is 5.15. The van der Waals surface area contributed by atoms with Gasteiger partial charge in [-0.25, -0.2) is 14.6 Å². The average Bonchev–Trinajstić information content (AvgIpc) is 3.43. The van der Waals surface area contributed by atoms with Crippen molar-refractivity contribution in [3.05, 3.63) is 12.4 Å². The Labute approximate surface area is 231 Å². The largest absolute Gasteiger partial charge is 0.508 e. The number of nitrogens with zero attached hydrogens (tertiary/aromatic N) is 4. The van der Waals surface area contributed by atoms with Crippen molar-refractivity contribution in [3.63, 3.8) is 0 Å². The fourth-order valence-electron chi connectivity index (χ4n) is 7.92. The smallest absolute Gasteiger partial charge is 0.435 e. The maximum Gasteiger partial charge on any atom is 0.508 e. The Kier molecular flexibility index (Phi) is 6.96. The molecule has 0 unspecified atom stereocenters. The highest BCUT2D eigenvalue weighted by Crippen LogP contribution is 2.61. The van der Waals surface area contributed by atoms with Crippen LogP contribution in [0.4, 0.5) is 19.8 Å². The number of halogens is 1. The van der Waals surface area contributed by atoms with Crippen molar-refractivity contribution in [2.75, 3.05) is 25.6 Å². The van der Waals surface area contributed by atoms with Crippen LogP contribution in [-0.2, 0) is 23.7 Å². The van der Waals surface area contributed by atoms with E-state index in [1.54, 1.807) is 13.8 Å². The minimum Gasteiger partial charge on any atom is -0.435 e. The standard InChI is InChI=1S/C27H36FN5O7/c1-3-36-25(35)39-18-9-19(33-14-30-20-21(29)31-23(28)32-22(20)33)40-26(18,2)13-38-24(34)37-5-4-27-10-15-6-16(11-27)8-17(7-15)12-27/h14-19H,3-13H2,1-2H3,(H2,29,31,32)/t15?,16?,17?,18-,19+,26+,27?/m0/s1. The first-order valence-electron chi connectivity index (χ1n) is 14.1. The number of nitrogen functional groups attached to an aromatic ring is 1. The van der Waals surface area contributed by atoms with Crippen LogP contribution in [0.1, 0.15) is 71.4 Å². The Balaban J connectivity index is 1.09. The first kappa shape index (κ1) is 27.0. The molecule has 0 spiro atoms. The summed E-state index contributed by atoms with van der Waals surface area (Å²) in [4.78, 5) is 36.3. The van der Waals surface area contributed by atoms with Gasteiger partial charge in [0.1, 0.15) is 24.5 Å². The summed E-state index contributed by atoms with van der Waals surface area (Å²) >= 11 is 0. The normalized spacial score (nSPS) is 34.2. The number of imidazole rings is 1. The van der Waals surface area contributed by atoms with Gasteiger partial charge >= 0.3 is 18.4 Å². The zero-order valence-electron chi connectivity index (χ0n) is 22.8. The second kappa shape index (κ2) is 10.3. The third-order valence-corrected chi connectivity index (χ3v) is 9.23. The molecule has 12 nitrogen and oxygen atoms in total. The topological polar surface area (TPSA) is 150 Å². The Morgan fingerprint density at radius 3 is 2.45 bits per heavy atom. The maximum atomic E-state index is 13.9. The number of aromatic nitrogens is 4. The summed E-state index contributed by atoms with van der Waals surface area (Å²) in [7, 11) is 0. The van der Waals surface area contributed by atoms with Crippen molar-refractivity contribution in [2.24, 2.45) is 23.2 Å². The quantitative estimate of drug-likeness (QED) is 0.358. The molecule has 218 valence electrons. The van der Waals surface area contributed by atoms with E-state index in [9.17, 15) is 14.0 Å². The number of rotatable bonds is 8. The Hall–Kier alpha value is -3.22. The van der Waals surface area contributed by atoms with Crippen LogP contribution in [0.5, 0.6) is 0 Å². The number of hydrogen-bond acceptors (Lipinski definition) is 11. The zero-order chi connectivity index (χ0) is 28.1. The van der Waals surface area contributed by atoms with Crippen molar-refractivity contribution in [1.29, 1.82) is 0 Å². The van der Waals surface area contributed by atoms with Gasteiger partial charge in [-0.15, -0.1) is 0 Å². The number of nitrogens with two attached hydrogens (primary N) is 1. The third-order valence-electron chi connectivity index (χ3n) is 9.23. The van der Waals surface area contributed by atoms with Gasteiger partial charge in [0.2, 0.25) is 0 Å². The van der Waals surface area contributed by atoms with Gasteiger partial charge in [0.15, 0.2) is 17.0 Å². The van der Waals surface area contributed by atoms with Crippen molar-refractivity contribution in [3.8, 4) is 0 Å². The molecule has 0 radical (unpaired) electrons. The fraction of sp³-hybridized carbons (Fsp3) is 0.741. The highest BCUT2D eigenvalue weighted by Gasteiger charge is 2.52. The number of carbonyl (C=O) groups excluding carboxylic acids is 2. The van der Waals surface area contributed by atoms with Crippen LogP contribution >= 0.6 is 0 Å². The molecule has 5 aliphatic rings. The molecule has 2 N–H and O–H groups in total. The van der Waals surface area contributed by atoms with E-state index in [0.717, 1.165) is 24.2 Å². The molecule has 1 aliphatic heterocycles. The van der Waals surface area contributed by atoms with Crippen LogP contribution < -0.4 is 5.73 Å². The molecule has 2 aromatic rings. The highest BCUT2D eigenvalue weighted by molar-refractivity contribution is 5.81. The summed E-state index contributed by atoms with van der Waals surface area (Å²) in [6.45, 7) is 3.50. The molecule has 3 atom stereocenters. The second-order valence-corrected chi connectivity index (χ2v) is 12.2. The lowest BCUT2D eigenvalue weighted by atomic mass is 9.49. The van der Waals surface area contributed by atoms with Crippen LogP contribution in [0.2, 0.25) is 0 Å². The van der Waals surface area contributed by atoms with Gasteiger partial charge in [-0.05, 0) is 82.0 Å². The maximum absolute atomic E-state index is 13.9. The van der Waals surface area contributed by atoms with Crippen LogP contribution in [0, 0.1) is 29.2 Å². The van der Waals surface area contributed by atoms with Gasteiger partial charge < -0.3 is 29.4 Å². The SMILES string of the molecule is CCOC(=O)O[C@H]1C[C@H](n2cnc3c(N)nc(F)nc32)O[C@]1(C)COC(=O)OCCC12CC3CC(CC(C3)C1)C2. The van der Waals surface area contributed by atoms with E-state index >= 15 is 0 Å². The van der Waals surface area contributed by atoms with Gasteiger partial charge in [0, 0.05) is 6.42 Å². The van der Waals surface area contributed by atoms with E-state index < -0.39 is 36.3 Å². The van der Waals surface area contributed by atoms with Crippen LogP contribution in [-0.4, -0.2) is 63.4 Å². The number of carbonyl (C=O) groups is 2. The lowest BCUT2D eigenvalue weighted by Gasteiger charge is -2.57. The molecule has 1 saturated heterocycles. The lowest BCUT2D eigenvalue weighted by Crippen LogP contribution is -2.46. The zero-order valence-corrected chi connectivity index (χ0v) is 22.8. The second-order valence-electron chi connectivity index (χ2n) is 12.2. The fourth-order valence-corrected chi connectivity index (χ4v) is 7.92. The van der Waals surface area contributed by atoms with E-state index in [1.165, 1.54) is 49.4 Å². The van der Waals surface area contributed by atoms with E-state index in [2.05, 4.69) is 15.0 Å². The first-order chi connectivity index (χ1) is 19.1. The molecule has 4 bridgehead atoms. The molecule has 0 aromatic carbocycles. The molecule has 3 heterocycles. The molecule has 7 rings (SSSR count). The van der Waals surface area contributed by atoms with Gasteiger partial charge in [-0.1, -0.05) is 0 Å². The minimum atomic E-state index is -1.26. The predicted molar refractivity (Wildman–Crippen MR) is 137 cm³/mol. The van der Waals surface area contributed by atoms with Crippen LogP contribution in [0.3, 0.4) is 0 Å². The monoisotopic (exact) mass is 561 g/mol. The molecule has 2 aromatic heterocycles. The molecule has 40 heavy (non-hydrogen) atoms. The molecule has 4 aliphatic carbocycles. The predicted octanol–water partition coefficient (Wildman–Crippen LogP) is 4.53. The Morgan fingerprint density at radius 1 is 1.07 bits per heavy atom. The van der Waals surface area contributed by atoms with Crippen LogP contribution in [0.15, 0.2) is 6.33 Å². The number of fused-ring (bicyclic) bond motifs is 1. The van der Waals surface area contributed by atoms with Crippen molar-refractivity contribution >= 4 is 29.3 Å². The minimum absolute atomic E-state index is 0.110. The van der Waals surface area contributed by atoms with Crippen molar-refractivity contribution in [2.45, 2.75) is 83.1 Å². The Bertz CT molecular complexity index is 1250. The van der Waals surface area contributed by atoms with Gasteiger partial charge in [-0.2, -0.15) is 14.4 Å². The summed E-state index contributed by atoms with van der Waals surface area (Å²) < 4.78 is 43.0. The molecule has 4 saturated carbocycles. The summed E-state index contributed by atoms with van der Waals surface area (Å²) in [5, 5.41) is 0. The number of ether oxygens (including phenoxy) is 5. The summed E-state index contributed by atoms with van der Waals surface area (Å²) in [5.74, 6) is 2.37. The van der Waals surface area contributed by atoms with E-state index in [0.29, 0.717) is 12.0 Å². The highest BCUT2D eigenvalue weighted by atomic mass is 19.1. The third kappa shape index (κ3) is 5.15. The van der Waals surface area contributed by atoms with Crippen molar-refractivity contribution < 1.29 is 37.7 Å². The molecule has 13 heteroatoms. The molecular formula is C27H36FN5O7. The van der Waals surface area contributed by atoms with Crippen molar-refractivity contribution in [1.82, 2.24) is 19.5 Å². The first-order valence-corrected chi connectivity index (χ1v) is 14.1. The molecule has 5 fully saturated rings. The summed E-state index contributed by atoms with van der Waals surface area (Å²) in [6.07, 6.45) is 5.85. The Morgan fingerprint density at radius 2 is 1.77 bits per heavy atom. The van der Waals surface area contributed by atoms with E-state index in [-0.39, 0.29) is 36.6 Å².